The van der Waals surface area contributed by atoms with Gasteiger partial charge in [0, 0.05) is 0 Å². The molecular formula is C23H44. The molecule has 2 rings (SSSR count). The molecule has 23 heavy (non-hydrogen) atoms. The Balaban J connectivity index is 1.78. The van der Waals surface area contributed by atoms with E-state index in [0.717, 1.165) is 29.6 Å². The van der Waals surface area contributed by atoms with Crippen molar-refractivity contribution in [3.8, 4) is 0 Å². The topological polar surface area (TPSA) is 0 Å². The molecule has 2 saturated carbocycles. The number of rotatable bonds is 9. The molecular weight excluding hydrogens is 276 g/mol. The highest BCUT2D eigenvalue weighted by atomic mass is 14.5. The third-order valence-electron chi connectivity index (χ3n) is 8.49. The summed E-state index contributed by atoms with van der Waals surface area (Å²) in [6.07, 6.45) is 13.1. The van der Waals surface area contributed by atoms with E-state index in [-0.39, 0.29) is 0 Å². The van der Waals surface area contributed by atoms with Gasteiger partial charge in [-0.2, -0.15) is 0 Å². The Morgan fingerprint density at radius 2 is 1.48 bits per heavy atom. The predicted octanol–water partition coefficient (Wildman–Crippen LogP) is 7.72. The molecule has 0 aromatic carbocycles. The van der Waals surface area contributed by atoms with Crippen LogP contribution in [0, 0.1) is 40.4 Å². The van der Waals surface area contributed by atoms with Crippen molar-refractivity contribution >= 4 is 0 Å². The van der Waals surface area contributed by atoms with E-state index < -0.39 is 0 Å². The monoisotopic (exact) mass is 320 g/mol. The van der Waals surface area contributed by atoms with E-state index in [2.05, 4.69) is 48.5 Å². The Labute approximate surface area is 147 Å². The van der Waals surface area contributed by atoms with Gasteiger partial charge in [-0.3, -0.25) is 0 Å². The summed E-state index contributed by atoms with van der Waals surface area (Å²) >= 11 is 0. The minimum Gasteiger partial charge on any atom is -0.0651 e. The van der Waals surface area contributed by atoms with Crippen LogP contribution >= 0.6 is 0 Å². The van der Waals surface area contributed by atoms with Crippen LogP contribution in [0.25, 0.3) is 0 Å². The first kappa shape index (κ1) is 19.3. The SMILES string of the molecule is CCC1CCC1CC(C)(C)C1CC(C(C)CC(C)(CC)CC)C1. The standard InChI is InChI=1S/C23H44/c1-8-18-11-12-19(18)16-22(5,6)21-13-20(14-21)17(4)15-23(7,9-2)10-3/h17-21H,8-16H2,1-7H3. The summed E-state index contributed by atoms with van der Waals surface area (Å²) < 4.78 is 0. The van der Waals surface area contributed by atoms with E-state index in [9.17, 15) is 0 Å². The zero-order valence-electron chi connectivity index (χ0n) is 17.3. The molecule has 0 radical (unpaired) electrons. The Bertz CT molecular complexity index is 354. The maximum Gasteiger partial charge on any atom is -0.0323 e. The molecule has 136 valence electrons. The van der Waals surface area contributed by atoms with Crippen LogP contribution in [-0.4, -0.2) is 0 Å². The lowest BCUT2D eigenvalue weighted by molar-refractivity contribution is -0.0127. The highest BCUT2D eigenvalue weighted by Gasteiger charge is 2.45. The molecule has 0 aliphatic heterocycles. The lowest BCUT2D eigenvalue weighted by Gasteiger charge is -2.51. The maximum absolute atomic E-state index is 2.58. The van der Waals surface area contributed by atoms with Gasteiger partial charge in [0.2, 0.25) is 0 Å². The molecule has 0 aromatic heterocycles. The minimum atomic E-state index is 0.584. The van der Waals surface area contributed by atoms with Gasteiger partial charge in [0.15, 0.2) is 0 Å². The Hall–Kier alpha value is 0. The van der Waals surface area contributed by atoms with Gasteiger partial charge >= 0.3 is 0 Å². The summed E-state index contributed by atoms with van der Waals surface area (Å²) in [7, 11) is 0. The molecule has 0 saturated heterocycles. The molecule has 3 atom stereocenters. The zero-order valence-corrected chi connectivity index (χ0v) is 17.3. The Kier molecular flexibility index (Phi) is 6.29. The van der Waals surface area contributed by atoms with Crippen LogP contribution < -0.4 is 0 Å². The summed E-state index contributed by atoms with van der Waals surface area (Å²) in [5.74, 6) is 5.05. The van der Waals surface area contributed by atoms with Crippen LogP contribution in [0.2, 0.25) is 0 Å². The second kappa shape index (κ2) is 7.49. The molecule has 0 amide bonds. The molecule has 2 fully saturated rings. The van der Waals surface area contributed by atoms with Crippen molar-refractivity contribution in [3.63, 3.8) is 0 Å². The van der Waals surface area contributed by atoms with Crippen molar-refractivity contribution in [2.75, 3.05) is 0 Å². The lowest BCUT2D eigenvalue weighted by atomic mass is 9.54. The van der Waals surface area contributed by atoms with Gasteiger partial charge in [0.05, 0.1) is 0 Å². The van der Waals surface area contributed by atoms with Gasteiger partial charge in [-0.15, -0.1) is 0 Å². The van der Waals surface area contributed by atoms with Crippen molar-refractivity contribution in [3.05, 3.63) is 0 Å². The summed E-state index contributed by atoms with van der Waals surface area (Å²) in [6.45, 7) is 17.3. The Morgan fingerprint density at radius 1 is 0.913 bits per heavy atom. The van der Waals surface area contributed by atoms with E-state index in [0.29, 0.717) is 10.8 Å². The molecule has 0 heteroatoms. The third-order valence-corrected chi connectivity index (χ3v) is 8.49. The van der Waals surface area contributed by atoms with Crippen LogP contribution in [-0.2, 0) is 0 Å². The van der Waals surface area contributed by atoms with Crippen molar-refractivity contribution in [1.29, 1.82) is 0 Å². The van der Waals surface area contributed by atoms with E-state index in [4.69, 9.17) is 0 Å². The van der Waals surface area contributed by atoms with Gasteiger partial charge in [-0.05, 0) is 78.9 Å². The van der Waals surface area contributed by atoms with Crippen molar-refractivity contribution < 1.29 is 0 Å². The van der Waals surface area contributed by atoms with Crippen LogP contribution in [0.5, 0.6) is 0 Å². The fraction of sp³-hybridized carbons (Fsp3) is 1.00. The third kappa shape index (κ3) is 4.35. The first-order chi connectivity index (χ1) is 10.7. The highest BCUT2D eigenvalue weighted by Crippen LogP contribution is 2.55. The van der Waals surface area contributed by atoms with E-state index in [1.807, 2.05) is 0 Å². The lowest BCUT2D eigenvalue weighted by Crippen LogP contribution is -2.42. The second-order valence-corrected chi connectivity index (χ2v) is 10.3. The quantitative estimate of drug-likeness (QED) is 0.408. The summed E-state index contributed by atoms with van der Waals surface area (Å²) in [5.41, 5.74) is 1.17. The average molecular weight is 321 g/mol. The van der Waals surface area contributed by atoms with Crippen molar-refractivity contribution in [2.45, 2.75) is 106 Å². The zero-order chi connectivity index (χ0) is 17.3. The van der Waals surface area contributed by atoms with Gasteiger partial charge < -0.3 is 0 Å². The summed E-state index contributed by atoms with van der Waals surface area (Å²) in [6, 6.07) is 0. The van der Waals surface area contributed by atoms with Gasteiger partial charge in [-0.25, -0.2) is 0 Å². The van der Waals surface area contributed by atoms with Gasteiger partial charge in [-0.1, -0.05) is 67.7 Å². The second-order valence-electron chi connectivity index (χ2n) is 10.3. The first-order valence-corrected chi connectivity index (χ1v) is 10.7. The van der Waals surface area contributed by atoms with Gasteiger partial charge in [0.1, 0.15) is 0 Å². The largest absolute Gasteiger partial charge is 0.0651 e. The molecule has 3 unspecified atom stereocenters. The fourth-order valence-electron chi connectivity index (χ4n) is 5.53. The summed E-state index contributed by atoms with van der Waals surface area (Å²) in [4.78, 5) is 0. The smallest absolute Gasteiger partial charge is 0.0323 e. The summed E-state index contributed by atoms with van der Waals surface area (Å²) in [5, 5.41) is 0. The molecule has 2 aliphatic rings. The number of hydrogen-bond donors (Lipinski definition) is 0. The molecule has 0 aromatic rings. The molecule has 0 heterocycles. The van der Waals surface area contributed by atoms with Crippen molar-refractivity contribution in [1.82, 2.24) is 0 Å². The van der Waals surface area contributed by atoms with E-state index >= 15 is 0 Å². The first-order valence-electron chi connectivity index (χ1n) is 10.7. The maximum atomic E-state index is 2.58. The normalized spacial score (nSPS) is 33.0. The van der Waals surface area contributed by atoms with Crippen molar-refractivity contribution in [2.24, 2.45) is 40.4 Å². The average Bonchev–Trinajstić information content (AvgIpc) is 2.42. The van der Waals surface area contributed by atoms with Crippen LogP contribution in [0.15, 0.2) is 0 Å². The molecule has 0 N–H and O–H groups in total. The minimum absolute atomic E-state index is 0.584. The van der Waals surface area contributed by atoms with E-state index in [1.165, 1.54) is 57.8 Å². The predicted molar refractivity (Wildman–Crippen MR) is 104 cm³/mol. The van der Waals surface area contributed by atoms with Crippen LogP contribution in [0.4, 0.5) is 0 Å². The van der Waals surface area contributed by atoms with Gasteiger partial charge in [0.25, 0.3) is 0 Å². The van der Waals surface area contributed by atoms with Crippen LogP contribution in [0.3, 0.4) is 0 Å². The molecule has 0 nitrogen and oxygen atoms in total. The van der Waals surface area contributed by atoms with E-state index in [1.54, 1.807) is 0 Å². The number of hydrogen-bond acceptors (Lipinski definition) is 0. The highest BCUT2D eigenvalue weighted by molar-refractivity contribution is 4.95. The molecule has 0 spiro atoms. The van der Waals surface area contributed by atoms with Crippen LogP contribution in [0.1, 0.15) is 106 Å². The molecule has 0 bridgehead atoms. The fourth-order valence-corrected chi connectivity index (χ4v) is 5.53. The molecule has 2 aliphatic carbocycles. The Morgan fingerprint density at radius 3 is 1.91 bits per heavy atom.